The highest BCUT2D eigenvalue weighted by molar-refractivity contribution is 6.30. The summed E-state index contributed by atoms with van der Waals surface area (Å²) < 4.78 is 55.7. The van der Waals surface area contributed by atoms with E-state index in [0.29, 0.717) is 0 Å². The van der Waals surface area contributed by atoms with Crippen molar-refractivity contribution in [3.05, 3.63) is 58.9 Å². The van der Waals surface area contributed by atoms with E-state index in [0.717, 1.165) is 30.3 Å². The Morgan fingerprint density at radius 2 is 1.78 bits per heavy atom. The zero-order chi connectivity index (χ0) is 17.0. The van der Waals surface area contributed by atoms with E-state index in [1.54, 1.807) is 0 Å². The summed E-state index contributed by atoms with van der Waals surface area (Å²) in [5.74, 6) is -1.28. The molecule has 0 aliphatic carbocycles. The first-order valence-electron chi connectivity index (χ1n) is 6.30. The van der Waals surface area contributed by atoms with Gasteiger partial charge < -0.3 is 10.1 Å². The Kier molecular flexibility index (Phi) is 5.10. The van der Waals surface area contributed by atoms with Gasteiger partial charge in [0.25, 0.3) is 5.91 Å². The van der Waals surface area contributed by atoms with Gasteiger partial charge in [-0.05, 0) is 42.5 Å². The van der Waals surface area contributed by atoms with Gasteiger partial charge in [-0.15, -0.1) is 0 Å². The number of hydrogen-bond donors (Lipinski definition) is 1. The van der Waals surface area contributed by atoms with Crippen molar-refractivity contribution in [3.8, 4) is 5.75 Å². The van der Waals surface area contributed by atoms with Gasteiger partial charge in [-0.2, -0.15) is 13.2 Å². The summed E-state index contributed by atoms with van der Waals surface area (Å²) in [6.45, 7) is -0.479. The summed E-state index contributed by atoms with van der Waals surface area (Å²) in [7, 11) is 0. The van der Waals surface area contributed by atoms with E-state index in [1.165, 1.54) is 12.1 Å². The van der Waals surface area contributed by atoms with Gasteiger partial charge in [0.05, 0.1) is 11.3 Å². The van der Waals surface area contributed by atoms with Crippen LogP contribution in [0, 0.1) is 5.82 Å². The van der Waals surface area contributed by atoms with Crippen LogP contribution >= 0.6 is 11.6 Å². The van der Waals surface area contributed by atoms with E-state index in [4.69, 9.17) is 16.3 Å². The van der Waals surface area contributed by atoms with Crippen LogP contribution in [0.4, 0.5) is 23.2 Å². The van der Waals surface area contributed by atoms with Crippen molar-refractivity contribution >= 4 is 23.2 Å². The fourth-order valence-corrected chi connectivity index (χ4v) is 1.82. The average Bonchev–Trinajstić information content (AvgIpc) is 2.47. The Balaban J connectivity index is 1.91. The first-order chi connectivity index (χ1) is 10.8. The summed E-state index contributed by atoms with van der Waals surface area (Å²) in [5.41, 5.74) is -0.895. The third-order valence-corrected chi connectivity index (χ3v) is 2.99. The Morgan fingerprint density at radius 1 is 1.13 bits per heavy atom. The largest absolute Gasteiger partial charge is 0.484 e. The van der Waals surface area contributed by atoms with Crippen LogP contribution in [0.1, 0.15) is 5.56 Å². The number of hydrogen-bond acceptors (Lipinski definition) is 2. The predicted octanol–water partition coefficient (Wildman–Crippen LogP) is 4.52. The predicted molar refractivity (Wildman–Crippen MR) is 77.0 cm³/mol. The van der Waals surface area contributed by atoms with Crippen molar-refractivity contribution in [1.82, 2.24) is 0 Å². The van der Waals surface area contributed by atoms with E-state index >= 15 is 0 Å². The molecule has 0 spiro atoms. The molecule has 0 atom stereocenters. The second-order valence-corrected chi connectivity index (χ2v) is 4.92. The van der Waals surface area contributed by atoms with Crippen LogP contribution < -0.4 is 10.1 Å². The van der Waals surface area contributed by atoms with Crippen molar-refractivity contribution in [2.24, 2.45) is 0 Å². The van der Waals surface area contributed by atoms with Gasteiger partial charge in [0, 0.05) is 5.02 Å². The SMILES string of the molecule is O=C(COc1ccc(C(F)(F)F)cc1)Nc1ccc(Cl)cc1F. The summed E-state index contributed by atoms with van der Waals surface area (Å²) >= 11 is 5.58. The molecule has 2 aromatic rings. The second-order valence-electron chi connectivity index (χ2n) is 4.48. The van der Waals surface area contributed by atoms with Crippen LogP contribution in [-0.4, -0.2) is 12.5 Å². The number of rotatable bonds is 4. The maximum absolute atomic E-state index is 13.5. The zero-order valence-electron chi connectivity index (χ0n) is 11.5. The van der Waals surface area contributed by atoms with Gasteiger partial charge in [-0.3, -0.25) is 4.79 Å². The summed E-state index contributed by atoms with van der Waals surface area (Å²) in [6, 6.07) is 7.59. The number of amides is 1. The minimum Gasteiger partial charge on any atom is -0.484 e. The summed E-state index contributed by atoms with van der Waals surface area (Å²) in [5, 5.41) is 2.45. The highest BCUT2D eigenvalue weighted by atomic mass is 35.5. The van der Waals surface area contributed by atoms with E-state index in [9.17, 15) is 22.4 Å². The average molecular weight is 348 g/mol. The number of alkyl halides is 3. The molecule has 0 aliphatic rings. The van der Waals surface area contributed by atoms with Gasteiger partial charge in [-0.25, -0.2) is 4.39 Å². The molecule has 8 heteroatoms. The van der Waals surface area contributed by atoms with Crippen LogP contribution in [0.5, 0.6) is 5.75 Å². The smallest absolute Gasteiger partial charge is 0.416 e. The first kappa shape index (κ1) is 17.1. The standard InChI is InChI=1S/C15H10ClF4NO2/c16-10-3-6-13(12(17)7-10)21-14(22)8-23-11-4-1-9(2-5-11)15(18,19)20/h1-7H,8H2,(H,21,22). The number of carbonyl (C=O) groups is 1. The first-order valence-corrected chi connectivity index (χ1v) is 6.68. The Hall–Kier alpha value is -2.28. The molecule has 0 aromatic heterocycles. The molecule has 0 saturated carbocycles. The fourth-order valence-electron chi connectivity index (χ4n) is 1.67. The molecule has 2 aromatic carbocycles. The summed E-state index contributed by atoms with van der Waals surface area (Å²) in [4.78, 5) is 11.6. The van der Waals surface area contributed by atoms with E-state index in [2.05, 4.69) is 5.32 Å². The van der Waals surface area contributed by atoms with Crippen molar-refractivity contribution < 1.29 is 27.1 Å². The topological polar surface area (TPSA) is 38.3 Å². The zero-order valence-corrected chi connectivity index (χ0v) is 12.2. The molecule has 0 aliphatic heterocycles. The number of carbonyl (C=O) groups excluding carboxylic acids is 1. The molecule has 122 valence electrons. The lowest BCUT2D eigenvalue weighted by Crippen LogP contribution is -2.20. The van der Waals surface area contributed by atoms with E-state index in [-0.39, 0.29) is 16.5 Å². The number of halogens is 5. The normalized spacial score (nSPS) is 11.2. The molecule has 0 radical (unpaired) electrons. The van der Waals surface area contributed by atoms with Crippen LogP contribution in [0.25, 0.3) is 0 Å². The van der Waals surface area contributed by atoms with Gasteiger partial charge in [0.1, 0.15) is 11.6 Å². The minimum absolute atomic E-state index is 0.0737. The maximum Gasteiger partial charge on any atom is 0.416 e. The van der Waals surface area contributed by atoms with Crippen LogP contribution in [-0.2, 0) is 11.0 Å². The molecule has 3 nitrogen and oxygen atoms in total. The molecule has 0 fully saturated rings. The molecular formula is C15H10ClF4NO2. The quantitative estimate of drug-likeness (QED) is 0.826. The van der Waals surface area contributed by atoms with Gasteiger partial charge in [0.2, 0.25) is 0 Å². The number of benzene rings is 2. The number of anilines is 1. The Bertz CT molecular complexity index is 702. The molecular weight excluding hydrogens is 338 g/mol. The lowest BCUT2D eigenvalue weighted by molar-refractivity contribution is -0.137. The lowest BCUT2D eigenvalue weighted by atomic mass is 10.2. The Morgan fingerprint density at radius 3 is 2.35 bits per heavy atom. The third kappa shape index (κ3) is 4.85. The highest BCUT2D eigenvalue weighted by Gasteiger charge is 2.30. The molecule has 1 N–H and O–H groups in total. The molecule has 23 heavy (non-hydrogen) atoms. The van der Waals surface area contributed by atoms with Gasteiger partial charge >= 0.3 is 6.18 Å². The molecule has 0 saturated heterocycles. The van der Waals surface area contributed by atoms with Crippen molar-refractivity contribution in [2.45, 2.75) is 6.18 Å². The molecule has 2 rings (SSSR count). The van der Waals surface area contributed by atoms with E-state index in [1.807, 2.05) is 0 Å². The molecule has 0 bridgehead atoms. The molecule has 0 unspecified atom stereocenters. The van der Waals surface area contributed by atoms with Crippen molar-refractivity contribution in [3.63, 3.8) is 0 Å². The van der Waals surface area contributed by atoms with Gasteiger partial charge in [0.15, 0.2) is 6.61 Å². The number of ether oxygens (including phenoxy) is 1. The van der Waals surface area contributed by atoms with Crippen molar-refractivity contribution in [1.29, 1.82) is 0 Å². The van der Waals surface area contributed by atoms with Gasteiger partial charge in [-0.1, -0.05) is 11.6 Å². The van der Waals surface area contributed by atoms with Crippen molar-refractivity contribution in [2.75, 3.05) is 11.9 Å². The Labute approximate surface area is 133 Å². The molecule has 0 heterocycles. The fraction of sp³-hybridized carbons (Fsp3) is 0.133. The van der Waals surface area contributed by atoms with Crippen LogP contribution in [0.3, 0.4) is 0 Å². The van der Waals surface area contributed by atoms with Crippen LogP contribution in [0.2, 0.25) is 5.02 Å². The third-order valence-electron chi connectivity index (χ3n) is 2.76. The number of nitrogens with one attached hydrogen (secondary N) is 1. The van der Waals surface area contributed by atoms with Crippen LogP contribution in [0.15, 0.2) is 42.5 Å². The monoisotopic (exact) mass is 347 g/mol. The summed E-state index contributed by atoms with van der Waals surface area (Å²) in [6.07, 6.45) is -4.44. The molecule has 1 amide bonds. The minimum atomic E-state index is -4.44. The maximum atomic E-state index is 13.5. The second kappa shape index (κ2) is 6.87. The van der Waals surface area contributed by atoms with E-state index < -0.39 is 30.1 Å². The highest BCUT2D eigenvalue weighted by Crippen LogP contribution is 2.30. The lowest BCUT2D eigenvalue weighted by Gasteiger charge is -2.10.